The average molecular weight is 450 g/mol. The zero-order chi connectivity index (χ0) is 24.0. The van der Waals surface area contributed by atoms with Gasteiger partial charge in [0.25, 0.3) is 11.8 Å². The van der Waals surface area contributed by atoms with Gasteiger partial charge in [-0.3, -0.25) is 9.59 Å². The molecule has 0 saturated carbocycles. The van der Waals surface area contributed by atoms with Crippen LogP contribution in [0.2, 0.25) is 0 Å². The lowest BCUT2D eigenvalue weighted by Gasteiger charge is -2.14. The first-order chi connectivity index (χ1) is 15.9. The second-order valence-corrected chi connectivity index (χ2v) is 6.75. The van der Waals surface area contributed by atoms with Gasteiger partial charge in [0, 0.05) is 16.8 Å². The number of ether oxygens (including phenoxy) is 3. The second-order valence-electron chi connectivity index (χ2n) is 6.75. The fourth-order valence-electron chi connectivity index (χ4n) is 3.13. The zero-order valence-electron chi connectivity index (χ0n) is 18.2. The van der Waals surface area contributed by atoms with Gasteiger partial charge in [-0.2, -0.15) is 0 Å². The molecule has 3 aromatic rings. The van der Waals surface area contributed by atoms with E-state index in [1.165, 1.54) is 51.7 Å². The summed E-state index contributed by atoms with van der Waals surface area (Å²) < 4.78 is 15.8. The van der Waals surface area contributed by atoms with Crippen LogP contribution in [0.15, 0.2) is 60.7 Å². The van der Waals surface area contributed by atoms with E-state index in [-0.39, 0.29) is 22.4 Å². The maximum absolute atomic E-state index is 12.8. The smallest absolute Gasteiger partial charge is 0.337 e. The molecule has 0 atom stereocenters. The lowest BCUT2D eigenvalue weighted by molar-refractivity contribution is 0.0697. The average Bonchev–Trinajstić information content (AvgIpc) is 2.83. The number of para-hydroxylation sites is 1. The lowest BCUT2D eigenvalue weighted by atomic mass is 10.1. The molecule has 170 valence electrons. The number of rotatable bonds is 8. The van der Waals surface area contributed by atoms with Gasteiger partial charge in [0.05, 0.1) is 32.6 Å². The van der Waals surface area contributed by atoms with Gasteiger partial charge in [0.15, 0.2) is 11.5 Å². The van der Waals surface area contributed by atoms with Crippen molar-refractivity contribution in [2.45, 2.75) is 0 Å². The Hall–Kier alpha value is -4.53. The minimum atomic E-state index is -1.16. The van der Waals surface area contributed by atoms with Crippen molar-refractivity contribution >= 4 is 29.2 Å². The van der Waals surface area contributed by atoms with Crippen molar-refractivity contribution in [3.05, 3.63) is 77.4 Å². The van der Waals surface area contributed by atoms with Gasteiger partial charge in [0.1, 0.15) is 0 Å². The summed E-state index contributed by atoms with van der Waals surface area (Å²) in [5, 5.41) is 14.6. The zero-order valence-corrected chi connectivity index (χ0v) is 18.2. The Morgan fingerprint density at radius 1 is 0.727 bits per heavy atom. The van der Waals surface area contributed by atoms with Crippen molar-refractivity contribution in [2.24, 2.45) is 0 Å². The lowest BCUT2D eigenvalue weighted by Crippen LogP contribution is -2.16. The highest BCUT2D eigenvalue weighted by molar-refractivity contribution is 6.09. The van der Waals surface area contributed by atoms with Crippen molar-refractivity contribution in [1.29, 1.82) is 0 Å². The highest BCUT2D eigenvalue weighted by Gasteiger charge is 2.18. The van der Waals surface area contributed by atoms with E-state index in [0.29, 0.717) is 22.9 Å². The predicted octanol–water partition coefficient (Wildman–Crippen LogP) is 3.92. The van der Waals surface area contributed by atoms with Crippen LogP contribution >= 0.6 is 0 Å². The summed E-state index contributed by atoms with van der Waals surface area (Å²) in [5.74, 6) is -1.12. The maximum atomic E-state index is 12.8. The summed E-state index contributed by atoms with van der Waals surface area (Å²) >= 11 is 0. The third kappa shape index (κ3) is 5.21. The van der Waals surface area contributed by atoms with Crippen molar-refractivity contribution in [3.8, 4) is 17.2 Å². The maximum Gasteiger partial charge on any atom is 0.337 e. The minimum absolute atomic E-state index is 0.0299. The molecular formula is C24H22N2O7. The molecule has 0 aliphatic heterocycles. The molecule has 0 aliphatic rings. The van der Waals surface area contributed by atoms with Crippen molar-refractivity contribution in [3.63, 3.8) is 0 Å². The number of aromatic carboxylic acids is 1. The number of methoxy groups -OCH3 is 3. The van der Waals surface area contributed by atoms with Crippen LogP contribution in [0, 0.1) is 0 Å². The molecule has 0 aromatic heterocycles. The number of amides is 2. The first-order valence-corrected chi connectivity index (χ1v) is 9.73. The van der Waals surface area contributed by atoms with Crippen molar-refractivity contribution in [2.75, 3.05) is 32.0 Å². The molecule has 3 aromatic carbocycles. The van der Waals surface area contributed by atoms with E-state index in [2.05, 4.69) is 10.6 Å². The predicted molar refractivity (Wildman–Crippen MR) is 122 cm³/mol. The van der Waals surface area contributed by atoms with Gasteiger partial charge in [-0.1, -0.05) is 18.2 Å². The van der Waals surface area contributed by atoms with E-state index in [1.54, 1.807) is 30.3 Å². The quantitative estimate of drug-likeness (QED) is 0.475. The summed E-state index contributed by atoms with van der Waals surface area (Å²) in [6.45, 7) is 0. The molecule has 0 spiro atoms. The normalized spacial score (nSPS) is 10.2. The van der Waals surface area contributed by atoms with Crippen LogP contribution in [0.25, 0.3) is 0 Å². The second kappa shape index (κ2) is 10.2. The Balaban J connectivity index is 1.81. The van der Waals surface area contributed by atoms with Crippen LogP contribution in [0.1, 0.15) is 31.1 Å². The van der Waals surface area contributed by atoms with Gasteiger partial charge < -0.3 is 30.0 Å². The molecule has 0 radical (unpaired) electrons. The van der Waals surface area contributed by atoms with Crippen LogP contribution in [0.4, 0.5) is 11.4 Å². The summed E-state index contributed by atoms with van der Waals surface area (Å²) in [4.78, 5) is 36.8. The van der Waals surface area contributed by atoms with Crippen LogP contribution in [-0.4, -0.2) is 44.2 Å². The monoisotopic (exact) mass is 450 g/mol. The Bertz CT molecular complexity index is 1180. The largest absolute Gasteiger partial charge is 0.493 e. The molecule has 0 heterocycles. The van der Waals surface area contributed by atoms with Crippen molar-refractivity contribution in [1.82, 2.24) is 0 Å². The molecule has 0 unspecified atom stereocenters. The third-order valence-corrected chi connectivity index (χ3v) is 4.72. The summed E-state index contributed by atoms with van der Waals surface area (Å²) in [7, 11) is 4.36. The molecule has 0 bridgehead atoms. The Morgan fingerprint density at radius 2 is 1.36 bits per heavy atom. The number of hydrogen-bond acceptors (Lipinski definition) is 6. The van der Waals surface area contributed by atoms with E-state index in [1.807, 2.05) is 0 Å². The van der Waals surface area contributed by atoms with Crippen LogP contribution in [0.5, 0.6) is 17.2 Å². The molecule has 0 saturated heterocycles. The standard InChI is InChI=1S/C24H22N2O7/c1-31-19-12-15(13-20(32-2)21(19)33-3)23(28)25-16-8-6-7-14(11-16)22(27)26-18-10-5-4-9-17(18)24(29)30/h4-13H,1-3H3,(H,25,28)(H,26,27)(H,29,30). The molecule has 3 rings (SSSR count). The number of carboxylic acid groups (broad SMARTS) is 1. The molecule has 2 amide bonds. The molecular weight excluding hydrogens is 428 g/mol. The summed E-state index contributed by atoms with van der Waals surface area (Å²) in [6, 6.07) is 15.4. The SMILES string of the molecule is COc1cc(C(=O)Nc2cccc(C(=O)Nc3ccccc3C(=O)O)c2)cc(OC)c1OC. The summed E-state index contributed by atoms with van der Waals surface area (Å²) in [6.07, 6.45) is 0. The minimum Gasteiger partial charge on any atom is -0.493 e. The van der Waals surface area contributed by atoms with Gasteiger partial charge >= 0.3 is 5.97 Å². The van der Waals surface area contributed by atoms with Gasteiger partial charge in [-0.05, 0) is 42.5 Å². The van der Waals surface area contributed by atoms with E-state index < -0.39 is 17.8 Å². The van der Waals surface area contributed by atoms with Crippen molar-refractivity contribution < 1.29 is 33.7 Å². The van der Waals surface area contributed by atoms with E-state index in [4.69, 9.17) is 14.2 Å². The number of carboxylic acids is 1. The fourth-order valence-corrected chi connectivity index (χ4v) is 3.13. The topological polar surface area (TPSA) is 123 Å². The number of benzene rings is 3. The van der Waals surface area contributed by atoms with Crippen LogP contribution in [0.3, 0.4) is 0 Å². The van der Waals surface area contributed by atoms with Crippen LogP contribution in [-0.2, 0) is 0 Å². The number of carbonyl (C=O) groups excluding carboxylic acids is 2. The highest BCUT2D eigenvalue weighted by Crippen LogP contribution is 2.38. The molecule has 3 N–H and O–H groups in total. The highest BCUT2D eigenvalue weighted by atomic mass is 16.5. The molecule has 9 heteroatoms. The molecule has 0 aliphatic carbocycles. The van der Waals surface area contributed by atoms with E-state index in [0.717, 1.165) is 0 Å². The van der Waals surface area contributed by atoms with Crippen LogP contribution < -0.4 is 24.8 Å². The Labute approximate surface area is 189 Å². The summed E-state index contributed by atoms with van der Waals surface area (Å²) in [5.41, 5.74) is 1.00. The van der Waals surface area contributed by atoms with Gasteiger partial charge in [-0.15, -0.1) is 0 Å². The number of hydrogen-bond donors (Lipinski definition) is 3. The molecule has 0 fully saturated rings. The number of carbonyl (C=O) groups is 3. The number of nitrogens with one attached hydrogen (secondary N) is 2. The Morgan fingerprint density at radius 3 is 1.97 bits per heavy atom. The Kier molecular flexibility index (Phi) is 7.14. The molecule has 33 heavy (non-hydrogen) atoms. The first kappa shape index (κ1) is 23.1. The van der Waals surface area contributed by atoms with Gasteiger partial charge in [0.2, 0.25) is 5.75 Å². The molecule has 9 nitrogen and oxygen atoms in total. The first-order valence-electron chi connectivity index (χ1n) is 9.73. The van der Waals surface area contributed by atoms with E-state index >= 15 is 0 Å². The number of anilines is 2. The van der Waals surface area contributed by atoms with Gasteiger partial charge in [-0.25, -0.2) is 4.79 Å². The van der Waals surface area contributed by atoms with E-state index in [9.17, 15) is 19.5 Å². The fraction of sp³-hybridized carbons (Fsp3) is 0.125. The third-order valence-electron chi connectivity index (χ3n) is 4.72.